The maximum absolute atomic E-state index is 13.3. The first-order valence-corrected chi connectivity index (χ1v) is 9.64. The predicted molar refractivity (Wildman–Crippen MR) is 105 cm³/mol. The Kier molecular flexibility index (Phi) is 4.17. The van der Waals surface area contributed by atoms with Gasteiger partial charge in [-0.3, -0.25) is 9.59 Å². The molecule has 4 unspecified atom stereocenters. The first kappa shape index (κ1) is 17.9. The molecule has 2 bridgehead atoms. The monoisotopic (exact) mass is 391 g/mol. The van der Waals surface area contributed by atoms with Crippen LogP contribution >= 0.6 is 0 Å². The van der Waals surface area contributed by atoms with E-state index in [1.807, 2.05) is 66.7 Å². The molecule has 3 aliphatic heterocycles. The molecule has 1 spiro atoms. The van der Waals surface area contributed by atoms with Gasteiger partial charge in [0, 0.05) is 5.69 Å². The SMILES string of the molecule is COc1ccc(N2CC34C=CC(O3)C(C(=O)OCc3ccccc3)C4C2=O)cc1. The second-order valence-electron chi connectivity index (χ2n) is 7.62. The number of fused-ring (bicyclic) bond motifs is 1. The molecule has 0 radical (unpaired) electrons. The molecule has 0 aromatic heterocycles. The minimum atomic E-state index is -0.766. The van der Waals surface area contributed by atoms with Crippen molar-refractivity contribution in [3.8, 4) is 5.75 Å². The fourth-order valence-corrected chi connectivity index (χ4v) is 4.57. The zero-order valence-electron chi connectivity index (χ0n) is 16.0. The zero-order chi connectivity index (χ0) is 20.0. The number of rotatable bonds is 5. The summed E-state index contributed by atoms with van der Waals surface area (Å²) in [6, 6.07) is 16.8. The van der Waals surface area contributed by atoms with Gasteiger partial charge in [0.25, 0.3) is 0 Å². The lowest BCUT2D eigenvalue weighted by Gasteiger charge is -2.22. The van der Waals surface area contributed by atoms with E-state index in [4.69, 9.17) is 14.2 Å². The van der Waals surface area contributed by atoms with Gasteiger partial charge in [0.1, 0.15) is 23.9 Å². The van der Waals surface area contributed by atoms with E-state index in [1.54, 1.807) is 12.0 Å². The van der Waals surface area contributed by atoms with Crippen LogP contribution in [0.25, 0.3) is 0 Å². The highest BCUT2D eigenvalue weighted by Gasteiger charge is 2.67. The molecule has 3 aliphatic rings. The van der Waals surface area contributed by atoms with Crippen molar-refractivity contribution in [1.29, 1.82) is 0 Å². The summed E-state index contributed by atoms with van der Waals surface area (Å²) in [4.78, 5) is 27.9. The summed E-state index contributed by atoms with van der Waals surface area (Å²) in [5.41, 5.74) is 0.905. The van der Waals surface area contributed by atoms with E-state index in [9.17, 15) is 9.59 Å². The first-order valence-electron chi connectivity index (χ1n) is 9.64. The zero-order valence-corrected chi connectivity index (χ0v) is 16.0. The lowest BCUT2D eigenvalue weighted by Crippen LogP contribution is -2.40. The summed E-state index contributed by atoms with van der Waals surface area (Å²) in [5.74, 6) is -0.968. The fraction of sp³-hybridized carbons (Fsp3) is 0.304. The number of benzene rings is 2. The van der Waals surface area contributed by atoms with Crippen LogP contribution in [0.1, 0.15) is 5.56 Å². The largest absolute Gasteiger partial charge is 0.497 e. The van der Waals surface area contributed by atoms with Crippen LogP contribution in [-0.4, -0.2) is 37.2 Å². The van der Waals surface area contributed by atoms with Gasteiger partial charge in [-0.2, -0.15) is 0 Å². The molecule has 148 valence electrons. The van der Waals surface area contributed by atoms with Crippen molar-refractivity contribution in [2.24, 2.45) is 11.8 Å². The van der Waals surface area contributed by atoms with Crippen LogP contribution in [0.2, 0.25) is 0 Å². The van der Waals surface area contributed by atoms with Gasteiger partial charge in [0.2, 0.25) is 5.91 Å². The van der Waals surface area contributed by atoms with Gasteiger partial charge < -0.3 is 19.1 Å². The number of esters is 1. The van der Waals surface area contributed by atoms with Crippen molar-refractivity contribution in [2.45, 2.75) is 18.3 Å². The molecule has 2 saturated heterocycles. The number of nitrogens with zero attached hydrogens (tertiary/aromatic N) is 1. The van der Waals surface area contributed by atoms with Crippen LogP contribution in [0.5, 0.6) is 5.75 Å². The Morgan fingerprint density at radius 3 is 2.66 bits per heavy atom. The Morgan fingerprint density at radius 1 is 1.17 bits per heavy atom. The molecule has 6 heteroatoms. The average Bonchev–Trinajstić information content (AvgIpc) is 3.41. The van der Waals surface area contributed by atoms with Crippen molar-refractivity contribution in [2.75, 3.05) is 18.6 Å². The van der Waals surface area contributed by atoms with Gasteiger partial charge in [-0.1, -0.05) is 42.5 Å². The molecule has 3 heterocycles. The van der Waals surface area contributed by atoms with Crippen molar-refractivity contribution in [1.82, 2.24) is 0 Å². The molecule has 1 amide bonds. The van der Waals surface area contributed by atoms with Crippen LogP contribution < -0.4 is 9.64 Å². The molecular formula is C23H21NO5. The molecule has 2 fully saturated rings. The van der Waals surface area contributed by atoms with E-state index in [2.05, 4.69) is 0 Å². The second-order valence-corrected chi connectivity index (χ2v) is 7.62. The van der Waals surface area contributed by atoms with Crippen LogP contribution in [0.3, 0.4) is 0 Å². The number of carbonyl (C=O) groups excluding carboxylic acids is 2. The van der Waals surface area contributed by atoms with Gasteiger partial charge in [-0.15, -0.1) is 0 Å². The lowest BCUT2D eigenvalue weighted by atomic mass is 9.77. The van der Waals surface area contributed by atoms with Gasteiger partial charge >= 0.3 is 5.97 Å². The van der Waals surface area contributed by atoms with Gasteiger partial charge in [-0.05, 0) is 29.8 Å². The van der Waals surface area contributed by atoms with E-state index in [-0.39, 0.29) is 18.5 Å². The Morgan fingerprint density at radius 2 is 1.93 bits per heavy atom. The summed E-state index contributed by atoms with van der Waals surface area (Å²) < 4.78 is 16.9. The van der Waals surface area contributed by atoms with Gasteiger partial charge in [0.05, 0.1) is 25.7 Å². The number of amides is 1. The van der Waals surface area contributed by atoms with Crippen LogP contribution in [0.15, 0.2) is 66.7 Å². The quantitative estimate of drug-likeness (QED) is 0.579. The minimum Gasteiger partial charge on any atom is -0.497 e. The van der Waals surface area contributed by atoms with Crippen molar-refractivity contribution in [3.63, 3.8) is 0 Å². The molecule has 2 aromatic carbocycles. The molecule has 0 saturated carbocycles. The van der Waals surface area contributed by atoms with E-state index in [0.717, 1.165) is 17.0 Å². The standard InChI is InChI=1S/C23H21NO5/c1-27-17-9-7-16(8-10-17)24-14-23-12-11-18(29-23)19(20(23)21(24)25)22(26)28-13-15-5-3-2-4-6-15/h2-12,18-20H,13-14H2,1H3. The summed E-state index contributed by atoms with van der Waals surface area (Å²) in [7, 11) is 1.60. The molecular weight excluding hydrogens is 370 g/mol. The third-order valence-electron chi connectivity index (χ3n) is 5.98. The fourth-order valence-electron chi connectivity index (χ4n) is 4.57. The summed E-state index contributed by atoms with van der Waals surface area (Å²) in [6.07, 6.45) is 3.41. The first-order chi connectivity index (χ1) is 14.1. The smallest absolute Gasteiger partial charge is 0.313 e. The van der Waals surface area contributed by atoms with Crippen molar-refractivity contribution in [3.05, 3.63) is 72.3 Å². The van der Waals surface area contributed by atoms with Gasteiger partial charge in [0.15, 0.2) is 0 Å². The number of hydrogen-bond donors (Lipinski definition) is 0. The molecule has 4 atom stereocenters. The van der Waals surface area contributed by atoms with Gasteiger partial charge in [-0.25, -0.2) is 0 Å². The highest BCUT2D eigenvalue weighted by molar-refractivity contribution is 6.02. The van der Waals surface area contributed by atoms with Crippen LogP contribution in [-0.2, 0) is 25.7 Å². The lowest BCUT2D eigenvalue weighted by molar-refractivity contribution is -0.153. The van der Waals surface area contributed by atoms with Crippen LogP contribution in [0, 0.1) is 11.8 Å². The second kappa shape index (κ2) is 6.74. The molecule has 0 aliphatic carbocycles. The molecule has 0 N–H and O–H groups in total. The Hall–Kier alpha value is -3.12. The third kappa shape index (κ3) is 2.83. The molecule has 6 nitrogen and oxygen atoms in total. The topological polar surface area (TPSA) is 65.1 Å². The third-order valence-corrected chi connectivity index (χ3v) is 5.98. The molecule has 29 heavy (non-hydrogen) atoms. The van der Waals surface area contributed by atoms with E-state index < -0.39 is 23.5 Å². The van der Waals surface area contributed by atoms with Crippen molar-refractivity contribution >= 4 is 17.6 Å². The predicted octanol–water partition coefficient (Wildman–Crippen LogP) is 2.73. The Bertz CT molecular complexity index is 971. The Balaban J connectivity index is 1.37. The molecule has 2 aromatic rings. The number of ether oxygens (including phenoxy) is 3. The normalized spacial score (nSPS) is 29.2. The number of hydrogen-bond acceptors (Lipinski definition) is 5. The maximum Gasteiger partial charge on any atom is 0.313 e. The number of anilines is 1. The maximum atomic E-state index is 13.3. The van der Waals surface area contributed by atoms with E-state index in [0.29, 0.717) is 6.54 Å². The van der Waals surface area contributed by atoms with Crippen molar-refractivity contribution < 1.29 is 23.8 Å². The summed E-state index contributed by atoms with van der Waals surface area (Å²) in [6.45, 7) is 0.570. The van der Waals surface area contributed by atoms with E-state index >= 15 is 0 Å². The highest BCUT2D eigenvalue weighted by atomic mass is 16.6. The summed E-state index contributed by atoms with van der Waals surface area (Å²) in [5, 5.41) is 0. The highest BCUT2D eigenvalue weighted by Crippen LogP contribution is 2.53. The minimum absolute atomic E-state index is 0.108. The van der Waals surface area contributed by atoms with Crippen LogP contribution in [0.4, 0.5) is 5.69 Å². The number of carbonyl (C=O) groups is 2. The van der Waals surface area contributed by atoms with E-state index in [1.165, 1.54) is 0 Å². The summed E-state index contributed by atoms with van der Waals surface area (Å²) >= 11 is 0. The average molecular weight is 391 g/mol. The Labute approximate surface area is 168 Å². The number of methoxy groups -OCH3 is 1. The molecule has 5 rings (SSSR count).